The lowest BCUT2D eigenvalue weighted by Crippen LogP contribution is -2.19. The average molecular weight is 398 g/mol. The van der Waals surface area contributed by atoms with Crippen LogP contribution in [-0.2, 0) is 12.7 Å². The minimum Gasteiger partial charge on any atom is -0.354 e. The maximum Gasteiger partial charge on any atom is 0.416 e. The number of pyridine rings is 1. The molecule has 9 heteroatoms. The molecule has 0 bridgehead atoms. The van der Waals surface area contributed by atoms with Crippen LogP contribution in [0.1, 0.15) is 11.1 Å². The molecule has 0 radical (unpaired) electrons. The van der Waals surface area contributed by atoms with E-state index in [9.17, 15) is 13.2 Å². The van der Waals surface area contributed by atoms with E-state index in [-0.39, 0.29) is 0 Å². The van der Waals surface area contributed by atoms with Gasteiger partial charge in [0.15, 0.2) is 11.5 Å². The zero-order valence-electron chi connectivity index (χ0n) is 15.4. The Balaban J connectivity index is 1.61. The van der Waals surface area contributed by atoms with E-state index in [2.05, 4.69) is 20.4 Å². The van der Waals surface area contributed by atoms with Gasteiger partial charge < -0.3 is 10.2 Å². The lowest BCUT2D eigenvalue weighted by atomic mass is 10.2. The number of hydrogen-bond acceptors (Lipinski definition) is 5. The van der Waals surface area contributed by atoms with Crippen LogP contribution < -0.4 is 10.2 Å². The number of hydrogen-bond donors (Lipinski definition) is 1. The molecule has 0 unspecified atom stereocenters. The number of imidazole rings is 1. The first-order valence-electron chi connectivity index (χ1n) is 8.79. The number of nitrogens with one attached hydrogen (secondary N) is 1. The van der Waals surface area contributed by atoms with Crippen molar-refractivity contribution in [1.82, 2.24) is 19.6 Å². The minimum absolute atomic E-state index is 0.303. The summed E-state index contributed by atoms with van der Waals surface area (Å²) >= 11 is 0. The van der Waals surface area contributed by atoms with Crippen molar-refractivity contribution in [3.8, 4) is 0 Å². The quantitative estimate of drug-likeness (QED) is 0.536. The molecule has 1 N–H and O–H groups in total. The number of nitrogens with zero attached hydrogens (tertiary/aromatic N) is 5. The molecule has 0 atom stereocenters. The van der Waals surface area contributed by atoms with Gasteiger partial charge >= 0.3 is 6.18 Å². The predicted molar refractivity (Wildman–Crippen MR) is 104 cm³/mol. The zero-order chi connectivity index (χ0) is 20.4. The summed E-state index contributed by atoms with van der Waals surface area (Å²) in [5, 5.41) is 7.54. The van der Waals surface area contributed by atoms with E-state index in [0.29, 0.717) is 29.5 Å². The Bertz CT molecular complexity index is 1120. The molecule has 148 valence electrons. The van der Waals surface area contributed by atoms with Gasteiger partial charge in [-0.05, 0) is 42.0 Å². The number of anilines is 3. The smallest absolute Gasteiger partial charge is 0.354 e. The molecule has 6 nitrogen and oxygen atoms in total. The van der Waals surface area contributed by atoms with E-state index in [4.69, 9.17) is 0 Å². The van der Waals surface area contributed by atoms with Crippen LogP contribution in [0.3, 0.4) is 0 Å². The standard InChI is InChI=1S/C20H17F3N6/c1-28(13-14-4-3-9-24-11-14)18-8-7-17-25-12-19(29(17)27-18)26-16-6-2-5-15(10-16)20(21,22)23/h2-12,26H,13H2,1H3. The summed E-state index contributed by atoms with van der Waals surface area (Å²) in [5.74, 6) is 1.15. The van der Waals surface area contributed by atoms with Crippen LogP contribution in [0.25, 0.3) is 5.65 Å². The summed E-state index contributed by atoms with van der Waals surface area (Å²) in [6, 6.07) is 12.5. The first kappa shape index (κ1) is 18.7. The second kappa shape index (κ2) is 7.42. The highest BCUT2D eigenvalue weighted by atomic mass is 19.4. The molecule has 0 amide bonds. The summed E-state index contributed by atoms with van der Waals surface area (Å²) in [7, 11) is 1.90. The second-order valence-electron chi connectivity index (χ2n) is 6.53. The fourth-order valence-corrected chi connectivity index (χ4v) is 2.92. The number of alkyl halides is 3. The number of aromatic nitrogens is 4. The number of fused-ring (bicyclic) bond motifs is 1. The zero-order valence-corrected chi connectivity index (χ0v) is 15.4. The molecule has 0 fully saturated rings. The first-order valence-corrected chi connectivity index (χ1v) is 8.79. The molecule has 4 aromatic rings. The fraction of sp³-hybridized carbons (Fsp3) is 0.150. The summed E-state index contributed by atoms with van der Waals surface area (Å²) in [5.41, 5.74) is 1.20. The van der Waals surface area contributed by atoms with E-state index in [1.54, 1.807) is 29.0 Å². The normalized spacial score (nSPS) is 11.6. The van der Waals surface area contributed by atoms with Crippen molar-refractivity contribution in [3.05, 3.63) is 78.2 Å². The third-order valence-corrected chi connectivity index (χ3v) is 4.34. The molecule has 4 rings (SSSR count). The van der Waals surface area contributed by atoms with Crippen molar-refractivity contribution in [1.29, 1.82) is 0 Å². The van der Waals surface area contributed by atoms with Gasteiger partial charge in [-0.3, -0.25) is 4.98 Å². The van der Waals surface area contributed by atoms with Crippen LogP contribution in [0.2, 0.25) is 0 Å². The number of benzene rings is 1. The molecule has 1 aromatic carbocycles. The Hall–Kier alpha value is -3.62. The van der Waals surface area contributed by atoms with E-state index in [0.717, 1.165) is 17.7 Å². The number of halogens is 3. The minimum atomic E-state index is -4.41. The van der Waals surface area contributed by atoms with Gasteiger partial charge in [-0.25, -0.2) is 4.98 Å². The topological polar surface area (TPSA) is 58.4 Å². The predicted octanol–water partition coefficient (Wildman–Crippen LogP) is 4.52. The highest BCUT2D eigenvalue weighted by Gasteiger charge is 2.30. The monoisotopic (exact) mass is 398 g/mol. The van der Waals surface area contributed by atoms with Gasteiger partial charge in [-0.1, -0.05) is 12.1 Å². The highest BCUT2D eigenvalue weighted by molar-refractivity contribution is 5.61. The summed E-state index contributed by atoms with van der Waals surface area (Å²) in [6.45, 7) is 0.609. The van der Waals surface area contributed by atoms with E-state index < -0.39 is 11.7 Å². The Labute approximate surface area is 164 Å². The SMILES string of the molecule is CN(Cc1cccnc1)c1ccc2ncc(Nc3cccc(C(F)(F)F)c3)n2n1. The van der Waals surface area contributed by atoms with Gasteiger partial charge in [0.05, 0.1) is 11.8 Å². The van der Waals surface area contributed by atoms with E-state index in [1.165, 1.54) is 12.3 Å². The molecule has 0 saturated carbocycles. The summed E-state index contributed by atoms with van der Waals surface area (Å²) in [6.07, 6.45) is 0.628. The molecule has 0 spiro atoms. The lowest BCUT2D eigenvalue weighted by Gasteiger charge is -2.18. The lowest BCUT2D eigenvalue weighted by molar-refractivity contribution is -0.137. The molecule has 0 saturated heterocycles. The van der Waals surface area contributed by atoms with Crippen molar-refractivity contribution < 1.29 is 13.2 Å². The molecule has 0 aliphatic rings. The maximum atomic E-state index is 13.0. The van der Waals surface area contributed by atoms with Crippen LogP contribution in [0.15, 0.2) is 67.1 Å². The van der Waals surface area contributed by atoms with Crippen LogP contribution in [0, 0.1) is 0 Å². The molecule has 3 aromatic heterocycles. The van der Waals surface area contributed by atoms with Crippen molar-refractivity contribution in [2.75, 3.05) is 17.3 Å². The van der Waals surface area contributed by atoms with E-state index in [1.807, 2.05) is 30.1 Å². The molecule has 3 heterocycles. The summed E-state index contributed by atoms with van der Waals surface area (Å²) < 4.78 is 40.4. The average Bonchev–Trinajstić information content (AvgIpc) is 3.10. The largest absolute Gasteiger partial charge is 0.416 e. The van der Waals surface area contributed by atoms with Gasteiger partial charge in [-0.15, -0.1) is 5.10 Å². The van der Waals surface area contributed by atoms with Crippen LogP contribution in [0.5, 0.6) is 0 Å². The van der Waals surface area contributed by atoms with Gasteiger partial charge in [0.2, 0.25) is 0 Å². The van der Waals surface area contributed by atoms with Crippen LogP contribution in [-0.4, -0.2) is 26.6 Å². The van der Waals surface area contributed by atoms with Crippen LogP contribution >= 0.6 is 0 Å². The third-order valence-electron chi connectivity index (χ3n) is 4.34. The molecule has 0 aliphatic heterocycles. The Morgan fingerprint density at radius 3 is 2.69 bits per heavy atom. The van der Waals surface area contributed by atoms with Gasteiger partial charge in [0.1, 0.15) is 5.82 Å². The Morgan fingerprint density at radius 1 is 1.07 bits per heavy atom. The fourth-order valence-electron chi connectivity index (χ4n) is 2.92. The maximum absolute atomic E-state index is 13.0. The van der Waals surface area contributed by atoms with Crippen molar-refractivity contribution in [3.63, 3.8) is 0 Å². The highest BCUT2D eigenvalue weighted by Crippen LogP contribution is 2.31. The van der Waals surface area contributed by atoms with Gasteiger partial charge in [0, 0.05) is 31.7 Å². The Kier molecular flexibility index (Phi) is 4.79. The van der Waals surface area contributed by atoms with Crippen molar-refractivity contribution >= 4 is 23.0 Å². The van der Waals surface area contributed by atoms with Crippen LogP contribution in [0.4, 0.5) is 30.5 Å². The second-order valence-corrected chi connectivity index (χ2v) is 6.53. The van der Waals surface area contributed by atoms with Gasteiger partial charge in [-0.2, -0.15) is 17.7 Å². The molecule has 29 heavy (non-hydrogen) atoms. The molecule has 0 aliphatic carbocycles. The molecular formula is C20H17F3N6. The Morgan fingerprint density at radius 2 is 1.93 bits per heavy atom. The van der Waals surface area contributed by atoms with Crippen molar-refractivity contribution in [2.24, 2.45) is 0 Å². The van der Waals surface area contributed by atoms with Crippen molar-refractivity contribution in [2.45, 2.75) is 12.7 Å². The molecular weight excluding hydrogens is 381 g/mol. The van der Waals surface area contributed by atoms with E-state index >= 15 is 0 Å². The van der Waals surface area contributed by atoms with Gasteiger partial charge in [0.25, 0.3) is 0 Å². The third kappa shape index (κ3) is 4.13. The first-order chi connectivity index (χ1) is 13.9. The number of rotatable bonds is 5. The summed E-state index contributed by atoms with van der Waals surface area (Å²) in [4.78, 5) is 10.3.